The molecule has 0 radical (unpaired) electrons. The van der Waals surface area contributed by atoms with Crippen LogP contribution in [0.25, 0.3) is 0 Å². The second-order valence-corrected chi connectivity index (χ2v) is 8.20. The molecule has 1 aliphatic rings. The third-order valence-electron chi connectivity index (χ3n) is 5.35. The van der Waals surface area contributed by atoms with Gasteiger partial charge in [-0.15, -0.1) is 0 Å². The number of carbonyl (C=O) groups is 2. The minimum Gasteiger partial charge on any atom is -0.478 e. The number of amides is 1. The van der Waals surface area contributed by atoms with Crippen LogP contribution in [0.3, 0.4) is 0 Å². The Morgan fingerprint density at radius 1 is 1.10 bits per heavy atom. The third-order valence-corrected chi connectivity index (χ3v) is 6.09. The molecule has 0 saturated carbocycles. The van der Waals surface area contributed by atoms with E-state index in [2.05, 4.69) is 4.90 Å². The normalized spacial score (nSPS) is 15.3. The fourth-order valence-corrected chi connectivity index (χ4v) is 3.98. The van der Waals surface area contributed by atoms with Crippen molar-refractivity contribution in [3.63, 3.8) is 0 Å². The van der Waals surface area contributed by atoms with E-state index in [1.807, 2.05) is 6.07 Å². The predicted octanol–water partition coefficient (Wildman–Crippen LogP) is 4.53. The fourth-order valence-electron chi connectivity index (χ4n) is 3.66. The lowest BCUT2D eigenvalue weighted by molar-refractivity contribution is -0.131. The molecule has 3 rings (SSSR count). The molecule has 154 valence electrons. The Morgan fingerprint density at radius 2 is 1.83 bits per heavy atom. The van der Waals surface area contributed by atoms with Gasteiger partial charge in [-0.3, -0.25) is 4.79 Å². The quantitative estimate of drug-likeness (QED) is 0.694. The SMILES string of the molecule is CN(C(=O)Cc1ccc(Cl)c(Cl)c1)[C@H](CN1CCCC1)c1cccc(C(=O)O)c1. The standard InChI is InChI=1S/C22H24Cl2N2O3/c1-25(21(27)12-15-7-8-18(23)19(24)11-15)20(14-26-9-2-3-10-26)16-5-4-6-17(13-16)22(28)29/h4-8,11,13,20H,2-3,9-10,12,14H2,1H3,(H,28,29)/t20-/m1/s1. The number of hydrogen-bond donors (Lipinski definition) is 1. The number of aromatic carboxylic acids is 1. The van der Waals surface area contributed by atoms with Crippen LogP contribution in [-0.4, -0.2) is 53.5 Å². The summed E-state index contributed by atoms with van der Waals surface area (Å²) in [6, 6.07) is 11.8. The lowest BCUT2D eigenvalue weighted by atomic mass is 10.0. The molecule has 0 spiro atoms. The van der Waals surface area contributed by atoms with Gasteiger partial charge in [0.1, 0.15) is 0 Å². The molecule has 1 amide bonds. The molecule has 1 atom stereocenters. The van der Waals surface area contributed by atoms with Crippen molar-refractivity contribution >= 4 is 35.1 Å². The smallest absolute Gasteiger partial charge is 0.335 e. The number of hydrogen-bond acceptors (Lipinski definition) is 3. The second-order valence-electron chi connectivity index (χ2n) is 7.38. The summed E-state index contributed by atoms with van der Waals surface area (Å²) in [4.78, 5) is 28.5. The molecule has 1 heterocycles. The Morgan fingerprint density at radius 3 is 2.48 bits per heavy atom. The molecule has 2 aromatic rings. The number of carboxylic acids is 1. The van der Waals surface area contributed by atoms with Crippen molar-refractivity contribution in [1.82, 2.24) is 9.80 Å². The largest absolute Gasteiger partial charge is 0.478 e. The highest BCUT2D eigenvalue weighted by atomic mass is 35.5. The molecule has 1 aliphatic heterocycles. The summed E-state index contributed by atoms with van der Waals surface area (Å²) < 4.78 is 0. The first-order valence-corrected chi connectivity index (χ1v) is 10.4. The fraction of sp³-hybridized carbons (Fsp3) is 0.364. The van der Waals surface area contributed by atoms with Crippen LogP contribution in [0, 0.1) is 0 Å². The summed E-state index contributed by atoms with van der Waals surface area (Å²) in [6.07, 6.45) is 2.48. The Bertz CT molecular complexity index is 897. The molecular weight excluding hydrogens is 411 g/mol. The van der Waals surface area contributed by atoms with Gasteiger partial charge in [-0.25, -0.2) is 4.79 Å². The summed E-state index contributed by atoms with van der Waals surface area (Å²) in [5.74, 6) is -1.04. The van der Waals surface area contributed by atoms with Crippen LogP contribution in [0.4, 0.5) is 0 Å². The van der Waals surface area contributed by atoms with E-state index < -0.39 is 5.97 Å². The molecule has 0 unspecified atom stereocenters. The van der Waals surface area contributed by atoms with E-state index in [4.69, 9.17) is 23.2 Å². The maximum Gasteiger partial charge on any atom is 0.335 e. The van der Waals surface area contributed by atoms with Gasteiger partial charge in [0, 0.05) is 13.6 Å². The van der Waals surface area contributed by atoms with Crippen molar-refractivity contribution in [2.45, 2.75) is 25.3 Å². The first kappa shape index (κ1) is 21.6. The van der Waals surface area contributed by atoms with Crippen LogP contribution in [0.15, 0.2) is 42.5 Å². The highest BCUT2D eigenvalue weighted by Gasteiger charge is 2.26. The summed E-state index contributed by atoms with van der Waals surface area (Å²) in [6.45, 7) is 2.65. The average Bonchev–Trinajstić information content (AvgIpc) is 3.22. The van der Waals surface area contributed by atoms with E-state index in [1.165, 1.54) is 0 Å². The number of likely N-dealkylation sites (N-methyl/N-ethyl adjacent to an activating group) is 1. The lowest BCUT2D eigenvalue weighted by Crippen LogP contribution is -2.39. The average molecular weight is 435 g/mol. The number of likely N-dealkylation sites (tertiary alicyclic amines) is 1. The first-order valence-electron chi connectivity index (χ1n) is 9.60. The molecule has 1 saturated heterocycles. The summed E-state index contributed by atoms with van der Waals surface area (Å²) in [7, 11) is 1.77. The minimum atomic E-state index is -0.975. The monoisotopic (exact) mass is 434 g/mol. The van der Waals surface area contributed by atoms with Gasteiger partial charge in [-0.2, -0.15) is 0 Å². The van der Waals surface area contributed by atoms with Crippen LogP contribution in [0.2, 0.25) is 10.0 Å². The van der Waals surface area contributed by atoms with Crippen LogP contribution >= 0.6 is 23.2 Å². The molecule has 2 aromatic carbocycles. The van der Waals surface area contributed by atoms with Crippen LogP contribution in [0.5, 0.6) is 0 Å². The Kier molecular flexibility index (Phi) is 7.17. The topological polar surface area (TPSA) is 60.9 Å². The number of carbonyl (C=O) groups excluding carboxylic acids is 1. The van der Waals surface area contributed by atoms with Crippen molar-refractivity contribution < 1.29 is 14.7 Å². The maximum atomic E-state index is 13.0. The van der Waals surface area contributed by atoms with Crippen molar-refractivity contribution in [1.29, 1.82) is 0 Å². The lowest BCUT2D eigenvalue weighted by Gasteiger charge is -2.32. The van der Waals surface area contributed by atoms with Gasteiger partial charge < -0.3 is 14.9 Å². The maximum absolute atomic E-state index is 13.0. The van der Waals surface area contributed by atoms with Crippen LogP contribution in [0.1, 0.15) is 40.4 Å². The highest BCUT2D eigenvalue weighted by molar-refractivity contribution is 6.42. The van der Waals surface area contributed by atoms with Gasteiger partial charge in [0.2, 0.25) is 5.91 Å². The zero-order valence-electron chi connectivity index (χ0n) is 16.3. The van der Waals surface area contributed by atoms with Gasteiger partial charge in [-0.05, 0) is 61.3 Å². The van der Waals surface area contributed by atoms with Crippen molar-refractivity contribution in [3.8, 4) is 0 Å². The van der Waals surface area contributed by atoms with Crippen molar-refractivity contribution in [3.05, 3.63) is 69.2 Å². The van der Waals surface area contributed by atoms with Gasteiger partial charge in [-0.1, -0.05) is 41.4 Å². The molecule has 7 heteroatoms. The Labute approximate surface area is 180 Å². The summed E-state index contributed by atoms with van der Waals surface area (Å²) in [5.41, 5.74) is 1.83. The summed E-state index contributed by atoms with van der Waals surface area (Å²) >= 11 is 12.0. The van der Waals surface area contributed by atoms with Gasteiger partial charge in [0.15, 0.2) is 0 Å². The van der Waals surface area contributed by atoms with Gasteiger partial charge in [0.05, 0.1) is 28.1 Å². The number of rotatable bonds is 7. The Balaban J connectivity index is 1.83. The van der Waals surface area contributed by atoms with Crippen LogP contribution in [-0.2, 0) is 11.2 Å². The minimum absolute atomic E-state index is 0.0617. The van der Waals surface area contributed by atoms with Gasteiger partial charge in [0.25, 0.3) is 0 Å². The van der Waals surface area contributed by atoms with E-state index in [1.54, 1.807) is 48.3 Å². The van der Waals surface area contributed by atoms with E-state index in [0.29, 0.717) is 16.6 Å². The number of halogens is 2. The van der Waals surface area contributed by atoms with Crippen molar-refractivity contribution in [2.75, 3.05) is 26.7 Å². The predicted molar refractivity (Wildman–Crippen MR) is 115 cm³/mol. The third kappa shape index (κ3) is 5.50. The van der Waals surface area contributed by atoms with Gasteiger partial charge >= 0.3 is 5.97 Å². The molecule has 29 heavy (non-hydrogen) atoms. The van der Waals surface area contributed by atoms with E-state index in [0.717, 1.165) is 37.1 Å². The van der Waals surface area contributed by atoms with Crippen LogP contribution < -0.4 is 0 Å². The number of benzene rings is 2. The van der Waals surface area contributed by atoms with E-state index >= 15 is 0 Å². The zero-order valence-corrected chi connectivity index (χ0v) is 17.8. The molecule has 0 aromatic heterocycles. The first-order chi connectivity index (χ1) is 13.8. The molecular formula is C22H24Cl2N2O3. The molecule has 1 N–H and O–H groups in total. The number of nitrogens with zero attached hydrogens (tertiary/aromatic N) is 2. The van der Waals surface area contributed by atoms with E-state index in [9.17, 15) is 14.7 Å². The molecule has 0 aliphatic carbocycles. The van der Waals surface area contributed by atoms with Crippen molar-refractivity contribution in [2.24, 2.45) is 0 Å². The Hall–Kier alpha value is -2.08. The number of carboxylic acid groups (broad SMARTS) is 1. The molecule has 0 bridgehead atoms. The molecule has 5 nitrogen and oxygen atoms in total. The summed E-state index contributed by atoms with van der Waals surface area (Å²) in [5, 5.41) is 10.2. The molecule has 1 fully saturated rings. The second kappa shape index (κ2) is 9.61. The highest BCUT2D eigenvalue weighted by Crippen LogP contribution is 2.26. The zero-order chi connectivity index (χ0) is 21.0. The van der Waals surface area contributed by atoms with E-state index in [-0.39, 0.29) is 23.9 Å².